The molecule has 1 fully saturated rings. The normalized spacial score (nSPS) is 29.1. The van der Waals surface area contributed by atoms with Crippen molar-refractivity contribution in [3.63, 3.8) is 0 Å². The highest BCUT2D eigenvalue weighted by molar-refractivity contribution is 5.40. The second kappa shape index (κ2) is 3.74. The Morgan fingerprint density at radius 2 is 2.07 bits per heavy atom. The lowest BCUT2D eigenvalue weighted by molar-refractivity contribution is 0.0538. The van der Waals surface area contributed by atoms with E-state index in [1.54, 1.807) is 0 Å². The van der Waals surface area contributed by atoms with Gasteiger partial charge in [-0.1, -0.05) is 12.1 Å². The van der Waals surface area contributed by atoms with Crippen molar-refractivity contribution in [2.45, 2.75) is 12.5 Å². The molecule has 2 aliphatic rings. The Kier molecular flexibility index (Phi) is 2.25. The van der Waals surface area contributed by atoms with Gasteiger partial charge in [0.25, 0.3) is 0 Å². The standard InChI is InChI=1S/C12H15NO2/c1-2-4-11-10(3-1)14-8-12(15-11)9-5-6-13-7-9/h1-4,9,12-13H,5-8H2. The fourth-order valence-electron chi connectivity index (χ4n) is 2.26. The van der Waals surface area contributed by atoms with Gasteiger partial charge in [0.05, 0.1) is 0 Å². The summed E-state index contributed by atoms with van der Waals surface area (Å²) in [4.78, 5) is 0. The van der Waals surface area contributed by atoms with Gasteiger partial charge in [0.2, 0.25) is 0 Å². The van der Waals surface area contributed by atoms with Crippen molar-refractivity contribution < 1.29 is 9.47 Å². The van der Waals surface area contributed by atoms with Crippen molar-refractivity contribution in [2.75, 3.05) is 19.7 Å². The monoisotopic (exact) mass is 205 g/mol. The Morgan fingerprint density at radius 1 is 1.20 bits per heavy atom. The molecule has 0 saturated carbocycles. The number of fused-ring (bicyclic) bond motifs is 1. The molecular formula is C12H15NO2. The Balaban J connectivity index is 1.76. The Labute approximate surface area is 89.4 Å². The van der Waals surface area contributed by atoms with Gasteiger partial charge < -0.3 is 14.8 Å². The van der Waals surface area contributed by atoms with E-state index in [2.05, 4.69) is 5.32 Å². The largest absolute Gasteiger partial charge is 0.486 e. The average molecular weight is 205 g/mol. The molecule has 0 aromatic heterocycles. The summed E-state index contributed by atoms with van der Waals surface area (Å²) < 4.78 is 11.6. The van der Waals surface area contributed by atoms with E-state index in [0.29, 0.717) is 12.5 Å². The van der Waals surface area contributed by atoms with Gasteiger partial charge in [0, 0.05) is 12.5 Å². The number of ether oxygens (including phenoxy) is 2. The zero-order chi connectivity index (χ0) is 10.1. The predicted octanol–water partition coefficient (Wildman–Crippen LogP) is 1.44. The second-order valence-corrected chi connectivity index (χ2v) is 4.17. The molecule has 3 rings (SSSR count). The van der Waals surface area contributed by atoms with Crippen LogP contribution in [0.15, 0.2) is 24.3 Å². The van der Waals surface area contributed by atoms with Crippen molar-refractivity contribution >= 4 is 0 Å². The summed E-state index contributed by atoms with van der Waals surface area (Å²) in [6.07, 6.45) is 1.41. The first kappa shape index (κ1) is 9.04. The predicted molar refractivity (Wildman–Crippen MR) is 57.3 cm³/mol. The molecule has 1 saturated heterocycles. The van der Waals surface area contributed by atoms with Gasteiger partial charge in [-0.15, -0.1) is 0 Å². The summed E-state index contributed by atoms with van der Waals surface area (Å²) >= 11 is 0. The van der Waals surface area contributed by atoms with Crippen LogP contribution < -0.4 is 14.8 Å². The quantitative estimate of drug-likeness (QED) is 0.752. The number of nitrogens with one attached hydrogen (secondary N) is 1. The highest BCUT2D eigenvalue weighted by atomic mass is 16.6. The number of hydrogen-bond acceptors (Lipinski definition) is 3. The summed E-state index contributed by atoms with van der Waals surface area (Å²) in [5, 5.41) is 3.36. The van der Waals surface area contributed by atoms with Gasteiger partial charge in [0.15, 0.2) is 11.5 Å². The molecule has 0 bridgehead atoms. The van der Waals surface area contributed by atoms with Crippen LogP contribution in [-0.4, -0.2) is 25.8 Å². The molecule has 3 nitrogen and oxygen atoms in total. The molecule has 2 heterocycles. The molecular weight excluding hydrogens is 190 g/mol. The maximum Gasteiger partial charge on any atom is 0.161 e. The van der Waals surface area contributed by atoms with E-state index in [4.69, 9.17) is 9.47 Å². The van der Waals surface area contributed by atoms with E-state index in [-0.39, 0.29) is 6.10 Å². The molecule has 2 unspecified atom stereocenters. The lowest BCUT2D eigenvalue weighted by atomic mass is 10.0. The Morgan fingerprint density at radius 3 is 2.87 bits per heavy atom. The molecule has 1 aromatic carbocycles. The van der Waals surface area contributed by atoms with Crippen molar-refractivity contribution in [1.29, 1.82) is 0 Å². The first-order chi connectivity index (χ1) is 7.43. The Bertz CT molecular complexity index is 347. The van der Waals surface area contributed by atoms with Crippen LogP contribution in [0, 0.1) is 5.92 Å². The van der Waals surface area contributed by atoms with Gasteiger partial charge in [-0.05, 0) is 25.1 Å². The third kappa shape index (κ3) is 1.67. The first-order valence-corrected chi connectivity index (χ1v) is 5.53. The molecule has 0 spiro atoms. The minimum Gasteiger partial charge on any atom is -0.486 e. The van der Waals surface area contributed by atoms with E-state index in [1.807, 2.05) is 24.3 Å². The van der Waals surface area contributed by atoms with Crippen LogP contribution in [0.25, 0.3) is 0 Å². The number of para-hydroxylation sites is 2. The SMILES string of the molecule is c1ccc2c(c1)OCC(C1CCNC1)O2. The average Bonchev–Trinajstić information content (AvgIpc) is 2.82. The van der Waals surface area contributed by atoms with Gasteiger partial charge in [-0.3, -0.25) is 0 Å². The molecule has 1 N–H and O–H groups in total. The zero-order valence-electron chi connectivity index (χ0n) is 8.61. The van der Waals surface area contributed by atoms with E-state index in [1.165, 1.54) is 6.42 Å². The molecule has 1 aromatic rings. The third-order valence-electron chi connectivity index (χ3n) is 3.15. The molecule has 3 heteroatoms. The van der Waals surface area contributed by atoms with Crippen LogP contribution >= 0.6 is 0 Å². The molecule has 0 aliphatic carbocycles. The van der Waals surface area contributed by atoms with E-state index >= 15 is 0 Å². The van der Waals surface area contributed by atoms with Gasteiger partial charge >= 0.3 is 0 Å². The molecule has 80 valence electrons. The van der Waals surface area contributed by atoms with Crippen LogP contribution in [0.5, 0.6) is 11.5 Å². The van der Waals surface area contributed by atoms with Crippen LogP contribution in [0.2, 0.25) is 0 Å². The molecule has 0 amide bonds. The smallest absolute Gasteiger partial charge is 0.161 e. The number of benzene rings is 1. The van der Waals surface area contributed by atoms with Crippen molar-refractivity contribution in [1.82, 2.24) is 5.32 Å². The molecule has 2 aliphatic heterocycles. The van der Waals surface area contributed by atoms with E-state index < -0.39 is 0 Å². The van der Waals surface area contributed by atoms with E-state index in [0.717, 1.165) is 24.6 Å². The van der Waals surface area contributed by atoms with Crippen LogP contribution in [0.1, 0.15) is 6.42 Å². The summed E-state index contributed by atoms with van der Waals surface area (Å²) in [7, 11) is 0. The summed E-state index contributed by atoms with van der Waals surface area (Å²) in [6.45, 7) is 2.84. The fraction of sp³-hybridized carbons (Fsp3) is 0.500. The molecule has 15 heavy (non-hydrogen) atoms. The number of hydrogen-bond donors (Lipinski definition) is 1. The molecule has 0 radical (unpaired) electrons. The molecule has 2 atom stereocenters. The Hall–Kier alpha value is -1.22. The highest BCUT2D eigenvalue weighted by Crippen LogP contribution is 2.33. The van der Waals surface area contributed by atoms with Crippen molar-refractivity contribution in [3.8, 4) is 11.5 Å². The topological polar surface area (TPSA) is 30.5 Å². The van der Waals surface area contributed by atoms with Gasteiger partial charge in [-0.2, -0.15) is 0 Å². The van der Waals surface area contributed by atoms with Gasteiger partial charge in [-0.25, -0.2) is 0 Å². The van der Waals surface area contributed by atoms with Crippen molar-refractivity contribution in [2.24, 2.45) is 5.92 Å². The lowest BCUT2D eigenvalue weighted by Gasteiger charge is -2.29. The van der Waals surface area contributed by atoms with Crippen LogP contribution in [-0.2, 0) is 0 Å². The first-order valence-electron chi connectivity index (χ1n) is 5.53. The summed E-state index contributed by atoms with van der Waals surface area (Å²) in [5.74, 6) is 2.36. The van der Waals surface area contributed by atoms with Crippen molar-refractivity contribution in [3.05, 3.63) is 24.3 Å². The maximum atomic E-state index is 5.95. The van der Waals surface area contributed by atoms with Crippen LogP contribution in [0.3, 0.4) is 0 Å². The van der Waals surface area contributed by atoms with E-state index in [9.17, 15) is 0 Å². The summed E-state index contributed by atoms with van der Waals surface area (Å²) in [6, 6.07) is 7.89. The minimum absolute atomic E-state index is 0.217. The van der Waals surface area contributed by atoms with Gasteiger partial charge in [0.1, 0.15) is 12.7 Å². The second-order valence-electron chi connectivity index (χ2n) is 4.17. The van der Waals surface area contributed by atoms with Crippen LogP contribution in [0.4, 0.5) is 0 Å². The number of rotatable bonds is 1. The minimum atomic E-state index is 0.217. The summed E-state index contributed by atoms with van der Waals surface area (Å²) in [5.41, 5.74) is 0. The third-order valence-corrected chi connectivity index (χ3v) is 3.15. The lowest BCUT2D eigenvalue weighted by Crippen LogP contribution is -2.37. The maximum absolute atomic E-state index is 5.95. The zero-order valence-corrected chi connectivity index (χ0v) is 8.61. The highest BCUT2D eigenvalue weighted by Gasteiger charge is 2.30. The fourth-order valence-corrected chi connectivity index (χ4v) is 2.26.